The highest BCUT2D eigenvalue weighted by Crippen LogP contribution is 2.29. The van der Waals surface area contributed by atoms with E-state index in [-0.39, 0.29) is 5.78 Å². The first-order valence-electron chi connectivity index (χ1n) is 6.49. The van der Waals surface area contributed by atoms with Crippen molar-refractivity contribution in [1.82, 2.24) is 9.78 Å². The molecular formula is C15H16N2O2. The van der Waals surface area contributed by atoms with Crippen LogP contribution in [-0.4, -0.2) is 15.6 Å². The highest BCUT2D eigenvalue weighted by atomic mass is 16.5. The first-order valence-corrected chi connectivity index (χ1v) is 6.49. The number of fused-ring (bicyclic) bond motifs is 1. The molecule has 0 N–H and O–H groups in total. The number of aromatic nitrogens is 2. The Labute approximate surface area is 112 Å². The van der Waals surface area contributed by atoms with E-state index in [0.717, 1.165) is 35.3 Å². The molecule has 98 valence electrons. The predicted octanol–water partition coefficient (Wildman–Crippen LogP) is 2.52. The van der Waals surface area contributed by atoms with Crippen LogP contribution in [-0.2, 0) is 20.1 Å². The second-order valence-corrected chi connectivity index (χ2v) is 4.87. The Morgan fingerprint density at radius 3 is 3.05 bits per heavy atom. The van der Waals surface area contributed by atoms with Crippen LogP contribution in [0.3, 0.4) is 0 Å². The summed E-state index contributed by atoms with van der Waals surface area (Å²) < 4.78 is 7.60. The Morgan fingerprint density at radius 1 is 1.37 bits per heavy atom. The van der Waals surface area contributed by atoms with Crippen LogP contribution in [0, 0.1) is 0 Å². The smallest absolute Gasteiger partial charge is 0.163 e. The summed E-state index contributed by atoms with van der Waals surface area (Å²) in [6.45, 7) is 0.485. The molecule has 4 heteroatoms. The van der Waals surface area contributed by atoms with E-state index in [1.807, 2.05) is 31.4 Å². The van der Waals surface area contributed by atoms with E-state index >= 15 is 0 Å². The molecule has 3 rings (SSSR count). The molecule has 0 saturated carbocycles. The molecule has 1 heterocycles. The lowest BCUT2D eigenvalue weighted by Crippen LogP contribution is -2.12. The van der Waals surface area contributed by atoms with Crippen LogP contribution in [0.25, 0.3) is 0 Å². The summed E-state index contributed by atoms with van der Waals surface area (Å²) in [4.78, 5) is 11.8. The average molecular weight is 256 g/mol. The molecule has 0 radical (unpaired) electrons. The highest BCUT2D eigenvalue weighted by Gasteiger charge is 2.20. The van der Waals surface area contributed by atoms with Gasteiger partial charge < -0.3 is 4.74 Å². The Bertz CT molecular complexity index is 616. The molecule has 0 unspecified atom stereocenters. The molecule has 2 aromatic rings. The summed E-state index contributed by atoms with van der Waals surface area (Å²) >= 11 is 0. The molecule has 1 aromatic carbocycles. The van der Waals surface area contributed by atoms with Gasteiger partial charge in [0, 0.05) is 36.4 Å². The van der Waals surface area contributed by atoms with Gasteiger partial charge in [-0.15, -0.1) is 0 Å². The average Bonchev–Trinajstić information content (AvgIpc) is 2.83. The molecule has 1 aliphatic carbocycles. The molecule has 0 saturated heterocycles. The normalized spacial score (nSPS) is 14.3. The van der Waals surface area contributed by atoms with E-state index in [0.29, 0.717) is 13.0 Å². The minimum absolute atomic E-state index is 0.230. The number of ether oxygens (including phenoxy) is 1. The largest absolute Gasteiger partial charge is 0.488 e. The minimum atomic E-state index is 0.230. The lowest BCUT2D eigenvalue weighted by Gasteiger charge is -2.18. The van der Waals surface area contributed by atoms with Crippen LogP contribution in [0.1, 0.15) is 34.3 Å². The lowest BCUT2D eigenvalue weighted by molar-refractivity contribution is 0.0971. The molecule has 0 aliphatic heterocycles. The number of hydrogen-bond donors (Lipinski definition) is 0. The second kappa shape index (κ2) is 4.88. The van der Waals surface area contributed by atoms with Crippen LogP contribution in [0.15, 0.2) is 30.6 Å². The zero-order valence-electron chi connectivity index (χ0n) is 10.9. The van der Waals surface area contributed by atoms with Crippen LogP contribution in [0.2, 0.25) is 0 Å². The fourth-order valence-corrected chi connectivity index (χ4v) is 2.49. The maximum absolute atomic E-state index is 11.8. The summed E-state index contributed by atoms with van der Waals surface area (Å²) in [6, 6.07) is 5.72. The minimum Gasteiger partial charge on any atom is -0.488 e. The molecule has 0 amide bonds. The number of rotatable bonds is 3. The second-order valence-electron chi connectivity index (χ2n) is 4.87. The number of carbonyl (C=O) groups excluding carboxylic acids is 1. The molecule has 0 spiro atoms. The van der Waals surface area contributed by atoms with Crippen LogP contribution in [0.5, 0.6) is 5.75 Å². The molecule has 0 atom stereocenters. The first-order chi connectivity index (χ1) is 9.24. The van der Waals surface area contributed by atoms with Gasteiger partial charge in [0.1, 0.15) is 12.4 Å². The zero-order valence-corrected chi connectivity index (χ0v) is 10.9. The number of Topliss-reactive ketones (excluding diaryl/α,β-unsaturated/α-hetero) is 1. The Hall–Kier alpha value is -2.10. The number of benzene rings is 1. The van der Waals surface area contributed by atoms with Gasteiger partial charge in [-0.3, -0.25) is 9.48 Å². The maximum atomic E-state index is 11.8. The predicted molar refractivity (Wildman–Crippen MR) is 71.3 cm³/mol. The van der Waals surface area contributed by atoms with Gasteiger partial charge in [-0.2, -0.15) is 5.10 Å². The fourth-order valence-electron chi connectivity index (χ4n) is 2.49. The van der Waals surface area contributed by atoms with Gasteiger partial charge in [0.2, 0.25) is 0 Å². The van der Waals surface area contributed by atoms with Gasteiger partial charge in [0.25, 0.3) is 0 Å². The molecule has 4 nitrogen and oxygen atoms in total. The van der Waals surface area contributed by atoms with E-state index in [9.17, 15) is 4.79 Å². The summed E-state index contributed by atoms with van der Waals surface area (Å²) in [7, 11) is 1.88. The highest BCUT2D eigenvalue weighted by molar-refractivity contribution is 5.99. The van der Waals surface area contributed by atoms with Crippen LogP contribution >= 0.6 is 0 Å². The summed E-state index contributed by atoms with van der Waals surface area (Å²) in [5, 5.41) is 4.11. The van der Waals surface area contributed by atoms with Gasteiger partial charge in [0.05, 0.1) is 6.20 Å². The number of carbonyl (C=O) groups is 1. The number of nitrogens with zero attached hydrogens (tertiary/aromatic N) is 2. The third kappa shape index (κ3) is 2.38. The third-order valence-corrected chi connectivity index (χ3v) is 3.42. The first kappa shape index (κ1) is 12.0. The van der Waals surface area contributed by atoms with Gasteiger partial charge in [-0.1, -0.05) is 12.1 Å². The monoisotopic (exact) mass is 256 g/mol. The molecule has 19 heavy (non-hydrogen) atoms. The topological polar surface area (TPSA) is 44.1 Å². The molecule has 1 aliphatic rings. The quantitative estimate of drug-likeness (QED) is 0.847. The third-order valence-electron chi connectivity index (χ3n) is 3.42. The number of ketones is 1. The summed E-state index contributed by atoms with van der Waals surface area (Å²) in [5.41, 5.74) is 2.92. The van der Waals surface area contributed by atoms with Crippen molar-refractivity contribution < 1.29 is 9.53 Å². The lowest BCUT2D eigenvalue weighted by atomic mass is 9.90. The molecular weight excluding hydrogens is 240 g/mol. The van der Waals surface area contributed by atoms with Gasteiger partial charge in [0.15, 0.2) is 5.78 Å². The van der Waals surface area contributed by atoms with E-state index in [2.05, 4.69) is 5.10 Å². The van der Waals surface area contributed by atoms with Crippen molar-refractivity contribution in [3.63, 3.8) is 0 Å². The Kier molecular flexibility index (Phi) is 3.07. The fraction of sp³-hybridized carbons (Fsp3) is 0.333. The maximum Gasteiger partial charge on any atom is 0.163 e. The van der Waals surface area contributed by atoms with E-state index in [4.69, 9.17) is 4.74 Å². The van der Waals surface area contributed by atoms with E-state index in [1.165, 1.54) is 0 Å². The van der Waals surface area contributed by atoms with Gasteiger partial charge in [-0.05, 0) is 18.9 Å². The van der Waals surface area contributed by atoms with Crippen molar-refractivity contribution >= 4 is 5.78 Å². The van der Waals surface area contributed by atoms with Crippen molar-refractivity contribution in [3.8, 4) is 5.75 Å². The van der Waals surface area contributed by atoms with E-state index < -0.39 is 0 Å². The van der Waals surface area contributed by atoms with Gasteiger partial charge in [-0.25, -0.2) is 0 Å². The standard InChI is InChI=1S/C15H16N2O2/c1-17-9-11(8-16-17)10-19-15-7-3-4-12-13(15)5-2-6-14(12)18/h3-4,7-9H,2,5-6,10H2,1H3. The van der Waals surface area contributed by atoms with Crippen molar-refractivity contribution in [2.45, 2.75) is 25.9 Å². The van der Waals surface area contributed by atoms with Gasteiger partial charge >= 0.3 is 0 Å². The SMILES string of the molecule is Cn1cc(COc2cccc3c2CCCC3=O)cn1. The number of hydrogen-bond acceptors (Lipinski definition) is 3. The molecule has 1 aromatic heterocycles. The van der Waals surface area contributed by atoms with Crippen molar-refractivity contribution in [3.05, 3.63) is 47.3 Å². The molecule has 0 bridgehead atoms. The number of aryl methyl sites for hydroxylation is 1. The Balaban J connectivity index is 1.81. The van der Waals surface area contributed by atoms with Crippen molar-refractivity contribution in [2.24, 2.45) is 7.05 Å². The summed E-state index contributed by atoms with van der Waals surface area (Å²) in [6.07, 6.45) is 6.21. The Morgan fingerprint density at radius 2 is 2.26 bits per heavy atom. The van der Waals surface area contributed by atoms with Crippen LogP contribution < -0.4 is 4.74 Å². The summed E-state index contributed by atoms with van der Waals surface area (Å²) in [5.74, 6) is 1.06. The molecule has 0 fully saturated rings. The van der Waals surface area contributed by atoms with Crippen molar-refractivity contribution in [2.75, 3.05) is 0 Å². The van der Waals surface area contributed by atoms with E-state index in [1.54, 1.807) is 10.9 Å². The van der Waals surface area contributed by atoms with Crippen molar-refractivity contribution in [1.29, 1.82) is 0 Å². The van der Waals surface area contributed by atoms with Crippen LogP contribution in [0.4, 0.5) is 0 Å². The zero-order chi connectivity index (χ0) is 13.2.